The summed E-state index contributed by atoms with van der Waals surface area (Å²) in [6.07, 6.45) is 1.08. The third kappa shape index (κ3) is 4.42. The van der Waals surface area contributed by atoms with Crippen molar-refractivity contribution in [2.24, 2.45) is 5.84 Å². The smallest absolute Gasteiger partial charge is 0.265 e. The number of nitrogens with two attached hydrogens (primary N) is 1. The molecule has 116 valence electrons. The summed E-state index contributed by atoms with van der Waals surface area (Å²) < 4.78 is 11.2. The van der Waals surface area contributed by atoms with Gasteiger partial charge in [-0.05, 0) is 24.6 Å². The van der Waals surface area contributed by atoms with Gasteiger partial charge < -0.3 is 9.47 Å². The summed E-state index contributed by atoms with van der Waals surface area (Å²) in [5.41, 5.74) is 2.61. The summed E-state index contributed by atoms with van der Waals surface area (Å²) in [7, 11) is 0. The molecule has 1 aromatic rings. The van der Waals surface area contributed by atoms with Crippen molar-refractivity contribution in [2.45, 2.75) is 19.4 Å². The quantitative estimate of drug-likeness (QED) is 0.460. The summed E-state index contributed by atoms with van der Waals surface area (Å²) in [5.74, 6) is 5.48. The van der Waals surface area contributed by atoms with Gasteiger partial charge in [-0.2, -0.15) is 0 Å². The summed E-state index contributed by atoms with van der Waals surface area (Å²) in [4.78, 5) is 13.8. The van der Waals surface area contributed by atoms with Crippen molar-refractivity contribution < 1.29 is 14.3 Å². The first-order valence-electron chi connectivity index (χ1n) is 7.30. The number of morpholine rings is 1. The number of rotatable bonds is 6. The summed E-state index contributed by atoms with van der Waals surface area (Å²) in [6, 6.07) is 7.48. The molecular weight excluding hydrogens is 270 g/mol. The van der Waals surface area contributed by atoms with Crippen molar-refractivity contribution in [2.75, 3.05) is 32.9 Å². The minimum atomic E-state index is -0.320. The highest BCUT2D eigenvalue weighted by atomic mass is 16.5. The summed E-state index contributed by atoms with van der Waals surface area (Å²) in [6.45, 7) is 6.13. The average molecular weight is 293 g/mol. The highest BCUT2D eigenvalue weighted by Gasteiger charge is 2.20. The Labute approximate surface area is 125 Å². The van der Waals surface area contributed by atoms with Crippen LogP contribution in [0.3, 0.4) is 0 Å². The van der Waals surface area contributed by atoms with Gasteiger partial charge in [-0.3, -0.25) is 15.1 Å². The molecule has 1 aromatic carbocycles. The third-order valence-corrected chi connectivity index (χ3v) is 3.70. The molecule has 0 spiro atoms. The highest BCUT2D eigenvalue weighted by Crippen LogP contribution is 2.14. The van der Waals surface area contributed by atoms with E-state index in [0.29, 0.717) is 24.0 Å². The monoisotopic (exact) mass is 293 g/mol. The molecule has 0 bridgehead atoms. The summed E-state index contributed by atoms with van der Waals surface area (Å²) in [5, 5.41) is 0. The fourth-order valence-corrected chi connectivity index (χ4v) is 2.45. The maximum atomic E-state index is 11.5. The van der Waals surface area contributed by atoms with Gasteiger partial charge in [0.15, 0.2) is 0 Å². The standard InChI is InChI=1S/C15H23N3O3/c1-2-13-11-20-8-6-18(13)7-9-21-14-5-3-4-12(10-14)15(19)17-16/h3-5,10,13H,2,6-9,11,16H2,1H3,(H,17,19). The van der Waals surface area contributed by atoms with Gasteiger partial charge in [0.25, 0.3) is 5.91 Å². The first-order chi connectivity index (χ1) is 10.2. The maximum Gasteiger partial charge on any atom is 0.265 e. The molecule has 2 rings (SSSR count). The molecular formula is C15H23N3O3. The van der Waals surface area contributed by atoms with E-state index in [9.17, 15) is 4.79 Å². The Morgan fingerprint density at radius 1 is 1.57 bits per heavy atom. The van der Waals surface area contributed by atoms with Gasteiger partial charge in [-0.25, -0.2) is 5.84 Å². The van der Waals surface area contributed by atoms with Crippen LogP contribution in [0.5, 0.6) is 5.75 Å². The van der Waals surface area contributed by atoms with Crippen LogP contribution in [0.25, 0.3) is 0 Å². The lowest BCUT2D eigenvalue weighted by atomic mass is 10.2. The van der Waals surface area contributed by atoms with Gasteiger partial charge in [0.1, 0.15) is 12.4 Å². The number of nitrogens with zero attached hydrogens (tertiary/aromatic N) is 1. The van der Waals surface area contributed by atoms with Gasteiger partial charge in [0.05, 0.1) is 13.2 Å². The molecule has 1 atom stereocenters. The average Bonchev–Trinajstić information content (AvgIpc) is 2.55. The zero-order chi connectivity index (χ0) is 15.1. The Morgan fingerprint density at radius 2 is 2.43 bits per heavy atom. The highest BCUT2D eigenvalue weighted by molar-refractivity contribution is 5.94. The van der Waals surface area contributed by atoms with Gasteiger partial charge in [-0.15, -0.1) is 0 Å². The number of nitrogens with one attached hydrogen (secondary N) is 1. The molecule has 1 saturated heterocycles. The largest absolute Gasteiger partial charge is 0.492 e. The fourth-order valence-electron chi connectivity index (χ4n) is 2.45. The van der Waals surface area contributed by atoms with Crippen molar-refractivity contribution >= 4 is 5.91 Å². The predicted octanol–water partition coefficient (Wildman–Crippen LogP) is 0.780. The normalized spacial score (nSPS) is 19.2. The van der Waals surface area contributed by atoms with Crippen LogP contribution in [0.4, 0.5) is 0 Å². The van der Waals surface area contributed by atoms with Crippen LogP contribution >= 0.6 is 0 Å². The zero-order valence-corrected chi connectivity index (χ0v) is 12.4. The number of amides is 1. The molecule has 6 nitrogen and oxygen atoms in total. The first kappa shape index (κ1) is 15.8. The maximum absolute atomic E-state index is 11.5. The van der Waals surface area contributed by atoms with E-state index in [2.05, 4.69) is 17.2 Å². The molecule has 6 heteroatoms. The predicted molar refractivity (Wildman–Crippen MR) is 80.1 cm³/mol. The molecule has 21 heavy (non-hydrogen) atoms. The molecule has 1 aliphatic heterocycles. The molecule has 0 aromatic heterocycles. The summed E-state index contributed by atoms with van der Waals surface area (Å²) >= 11 is 0. The number of hydrazine groups is 1. The minimum Gasteiger partial charge on any atom is -0.492 e. The zero-order valence-electron chi connectivity index (χ0n) is 12.4. The van der Waals surface area contributed by atoms with Crippen molar-refractivity contribution in [3.8, 4) is 5.75 Å². The molecule has 1 aliphatic rings. The van der Waals surface area contributed by atoms with E-state index >= 15 is 0 Å². The van der Waals surface area contributed by atoms with Crippen LogP contribution in [0.2, 0.25) is 0 Å². The van der Waals surface area contributed by atoms with Gasteiger partial charge in [0, 0.05) is 24.7 Å². The van der Waals surface area contributed by atoms with Crippen molar-refractivity contribution in [3.05, 3.63) is 29.8 Å². The number of carbonyl (C=O) groups excluding carboxylic acids is 1. The topological polar surface area (TPSA) is 76.8 Å². The second-order valence-electron chi connectivity index (χ2n) is 5.02. The Hall–Kier alpha value is -1.63. The molecule has 1 heterocycles. The van der Waals surface area contributed by atoms with Crippen LogP contribution in [-0.4, -0.2) is 49.8 Å². The molecule has 0 saturated carbocycles. The van der Waals surface area contributed by atoms with E-state index in [-0.39, 0.29) is 5.91 Å². The Kier molecular flexibility index (Phi) is 5.98. The lowest BCUT2D eigenvalue weighted by Crippen LogP contribution is -2.46. The Morgan fingerprint density at radius 3 is 3.19 bits per heavy atom. The van der Waals surface area contributed by atoms with E-state index in [1.54, 1.807) is 18.2 Å². The number of hydrogen-bond acceptors (Lipinski definition) is 5. The fraction of sp³-hybridized carbons (Fsp3) is 0.533. The third-order valence-electron chi connectivity index (χ3n) is 3.70. The molecule has 3 N–H and O–H groups in total. The van der Waals surface area contributed by atoms with Crippen molar-refractivity contribution in [1.29, 1.82) is 0 Å². The van der Waals surface area contributed by atoms with Crippen LogP contribution in [-0.2, 0) is 4.74 Å². The van der Waals surface area contributed by atoms with Crippen LogP contribution in [0, 0.1) is 0 Å². The van der Waals surface area contributed by atoms with E-state index in [1.165, 1.54) is 0 Å². The van der Waals surface area contributed by atoms with Gasteiger partial charge in [-0.1, -0.05) is 13.0 Å². The molecule has 1 unspecified atom stereocenters. The van der Waals surface area contributed by atoms with Gasteiger partial charge in [0.2, 0.25) is 0 Å². The Balaban J connectivity index is 1.84. The number of benzene rings is 1. The van der Waals surface area contributed by atoms with Gasteiger partial charge >= 0.3 is 0 Å². The Bertz CT molecular complexity index is 467. The van der Waals surface area contributed by atoms with Crippen molar-refractivity contribution in [3.63, 3.8) is 0 Å². The second kappa shape index (κ2) is 7.97. The molecule has 0 radical (unpaired) electrons. The lowest BCUT2D eigenvalue weighted by molar-refractivity contribution is -0.0132. The number of hydrogen-bond donors (Lipinski definition) is 2. The molecule has 1 fully saturated rings. The van der Waals surface area contributed by atoms with Crippen molar-refractivity contribution in [1.82, 2.24) is 10.3 Å². The van der Waals surface area contributed by atoms with Crippen LogP contribution < -0.4 is 16.0 Å². The van der Waals surface area contributed by atoms with Crippen LogP contribution in [0.15, 0.2) is 24.3 Å². The SMILES string of the molecule is CCC1COCCN1CCOc1cccc(C(=O)NN)c1. The number of carbonyl (C=O) groups is 1. The number of ether oxygens (including phenoxy) is 2. The number of nitrogen functional groups attached to an aromatic ring is 1. The van der Waals surface area contributed by atoms with E-state index in [1.807, 2.05) is 6.07 Å². The van der Waals surface area contributed by atoms with Crippen LogP contribution in [0.1, 0.15) is 23.7 Å². The minimum absolute atomic E-state index is 0.320. The molecule has 1 amide bonds. The van der Waals surface area contributed by atoms with E-state index in [4.69, 9.17) is 15.3 Å². The first-order valence-corrected chi connectivity index (χ1v) is 7.30. The lowest BCUT2D eigenvalue weighted by Gasteiger charge is -2.34. The second-order valence-corrected chi connectivity index (χ2v) is 5.02. The van der Waals surface area contributed by atoms with E-state index in [0.717, 1.165) is 32.7 Å². The molecule has 0 aliphatic carbocycles. The van der Waals surface area contributed by atoms with E-state index < -0.39 is 0 Å².